The number of ether oxygens (including phenoxy) is 1. The topological polar surface area (TPSA) is 51.2 Å². The number of pyridine rings is 1. The number of aromatic nitrogens is 1. The highest BCUT2D eigenvalue weighted by atomic mass is 16.5. The molecule has 0 fully saturated rings. The second kappa shape index (κ2) is 6.88. The van der Waals surface area contributed by atoms with Gasteiger partial charge in [-0.3, -0.25) is 4.98 Å². The first-order valence-electron chi connectivity index (χ1n) is 7.04. The number of hydrogen-bond donors (Lipinski definition) is 1. The predicted molar refractivity (Wildman–Crippen MR) is 83.3 cm³/mol. The number of esters is 1. The molecule has 0 radical (unpaired) electrons. The maximum atomic E-state index is 11.8. The second-order valence-corrected chi connectivity index (χ2v) is 5.18. The van der Waals surface area contributed by atoms with E-state index in [1.54, 1.807) is 24.5 Å². The van der Waals surface area contributed by atoms with Gasteiger partial charge < -0.3 is 10.1 Å². The first kappa shape index (κ1) is 15.0. The molecule has 0 saturated carbocycles. The summed E-state index contributed by atoms with van der Waals surface area (Å²) < 4.78 is 5.16. The van der Waals surface area contributed by atoms with E-state index in [1.165, 1.54) is 0 Å². The molecule has 1 aromatic carbocycles. The highest BCUT2D eigenvalue weighted by molar-refractivity contribution is 5.89. The smallest absolute Gasteiger partial charge is 0.338 e. The number of hydrogen-bond acceptors (Lipinski definition) is 4. The summed E-state index contributed by atoms with van der Waals surface area (Å²) in [5.74, 6) is -0.293. The van der Waals surface area contributed by atoms with Gasteiger partial charge in [0.05, 0.1) is 11.7 Å². The molecule has 0 amide bonds. The number of benzene rings is 1. The normalized spacial score (nSPS) is 12.0. The van der Waals surface area contributed by atoms with Crippen LogP contribution in [0.5, 0.6) is 0 Å². The molecule has 0 bridgehead atoms. The molecule has 0 aliphatic carbocycles. The average Bonchev–Trinajstić information content (AvgIpc) is 2.48. The molecule has 4 nitrogen and oxygen atoms in total. The molecule has 1 N–H and O–H groups in total. The lowest BCUT2D eigenvalue weighted by Gasteiger charge is -2.15. The van der Waals surface area contributed by atoms with Crippen molar-refractivity contribution in [1.29, 1.82) is 0 Å². The Morgan fingerprint density at radius 3 is 2.24 bits per heavy atom. The maximum absolute atomic E-state index is 11.8. The summed E-state index contributed by atoms with van der Waals surface area (Å²) in [7, 11) is 0. The Morgan fingerprint density at radius 2 is 1.67 bits per heavy atom. The van der Waals surface area contributed by atoms with Crippen LogP contribution in [0.3, 0.4) is 0 Å². The molecule has 1 aromatic heterocycles. The lowest BCUT2D eigenvalue weighted by atomic mass is 10.1. The summed E-state index contributed by atoms with van der Waals surface area (Å²) >= 11 is 0. The van der Waals surface area contributed by atoms with E-state index in [2.05, 4.69) is 17.2 Å². The van der Waals surface area contributed by atoms with Gasteiger partial charge in [-0.2, -0.15) is 0 Å². The Labute approximate surface area is 125 Å². The van der Waals surface area contributed by atoms with E-state index in [1.807, 2.05) is 38.1 Å². The molecular formula is C17H20N2O2. The van der Waals surface area contributed by atoms with E-state index >= 15 is 0 Å². The summed E-state index contributed by atoms with van der Waals surface area (Å²) in [5, 5.41) is 3.39. The van der Waals surface area contributed by atoms with Crippen LogP contribution in [0.2, 0.25) is 0 Å². The Balaban J connectivity index is 2.01. The first-order valence-corrected chi connectivity index (χ1v) is 7.04. The molecule has 4 heteroatoms. The van der Waals surface area contributed by atoms with Gasteiger partial charge in [0.2, 0.25) is 0 Å². The molecule has 0 aliphatic rings. The van der Waals surface area contributed by atoms with Gasteiger partial charge in [-0.25, -0.2) is 4.79 Å². The maximum Gasteiger partial charge on any atom is 0.338 e. The van der Waals surface area contributed by atoms with Crippen LogP contribution >= 0.6 is 0 Å². The van der Waals surface area contributed by atoms with Crippen molar-refractivity contribution in [1.82, 2.24) is 4.98 Å². The van der Waals surface area contributed by atoms with E-state index in [4.69, 9.17) is 4.74 Å². The molecule has 2 aromatic rings. The minimum absolute atomic E-state index is 0.109. The number of anilines is 1. The van der Waals surface area contributed by atoms with Crippen LogP contribution in [0.4, 0.5) is 5.69 Å². The minimum Gasteiger partial charge on any atom is -0.459 e. The number of nitrogens with zero attached hydrogens (tertiary/aromatic N) is 1. The van der Waals surface area contributed by atoms with E-state index in [0.717, 1.165) is 11.3 Å². The Hall–Kier alpha value is -2.36. The summed E-state index contributed by atoms with van der Waals surface area (Å²) in [6, 6.07) is 11.4. The molecule has 21 heavy (non-hydrogen) atoms. The Kier molecular flexibility index (Phi) is 4.93. The van der Waals surface area contributed by atoms with Crippen LogP contribution in [0.25, 0.3) is 0 Å². The summed E-state index contributed by atoms with van der Waals surface area (Å²) in [5.41, 5.74) is 2.68. The van der Waals surface area contributed by atoms with Gasteiger partial charge in [0.1, 0.15) is 0 Å². The van der Waals surface area contributed by atoms with Crippen molar-refractivity contribution in [2.45, 2.75) is 32.9 Å². The summed E-state index contributed by atoms with van der Waals surface area (Å²) in [4.78, 5) is 15.8. The van der Waals surface area contributed by atoms with Crippen molar-refractivity contribution in [3.8, 4) is 0 Å². The fraction of sp³-hybridized carbons (Fsp3) is 0.294. The molecule has 2 rings (SSSR count). The Bertz CT molecular complexity index is 579. The molecule has 1 unspecified atom stereocenters. The average molecular weight is 284 g/mol. The van der Waals surface area contributed by atoms with Crippen molar-refractivity contribution in [2.75, 3.05) is 5.32 Å². The van der Waals surface area contributed by atoms with Crippen molar-refractivity contribution in [2.24, 2.45) is 0 Å². The van der Waals surface area contributed by atoms with Crippen LogP contribution in [-0.4, -0.2) is 17.1 Å². The third kappa shape index (κ3) is 4.31. The van der Waals surface area contributed by atoms with Gasteiger partial charge in [0.15, 0.2) is 0 Å². The molecule has 1 atom stereocenters. The van der Waals surface area contributed by atoms with Crippen molar-refractivity contribution < 1.29 is 9.53 Å². The quantitative estimate of drug-likeness (QED) is 0.848. The highest BCUT2D eigenvalue weighted by Gasteiger charge is 2.09. The van der Waals surface area contributed by atoms with Crippen LogP contribution in [0.15, 0.2) is 48.8 Å². The van der Waals surface area contributed by atoms with Gasteiger partial charge in [-0.15, -0.1) is 0 Å². The van der Waals surface area contributed by atoms with Crippen LogP contribution in [0, 0.1) is 0 Å². The number of rotatable bonds is 5. The van der Waals surface area contributed by atoms with Gasteiger partial charge in [0, 0.05) is 24.1 Å². The SMILES string of the molecule is CC(C)OC(=O)c1ccc(NC(C)c2ccncc2)cc1. The highest BCUT2D eigenvalue weighted by Crippen LogP contribution is 2.19. The number of carbonyl (C=O) groups is 1. The second-order valence-electron chi connectivity index (χ2n) is 5.18. The lowest BCUT2D eigenvalue weighted by Crippen LogP contribution is -2.12. The van der Waals surface area contributed by atoms with Crippen molar-refractivity contribution in [3.63, 3.8) is 0 Å². The third-order valence-electron chi connectivity index (χ3n) is 3.05. The Morgan fingerprint density at radius 1 is 1.05 bits per heavy atom. The molecular weight excluding hydrogens is 264 g/mol. The zero-order chi connectivity index (χ0) is 15.2. The summed E-state index contributed by atoms with van der Waals surface area (Å²) in [6.07, 6.45) is 3.44. The number of carbonyl (C=O) groups excluding carboxylic acids is 1. The number of nitrogens with one attached hydrogen (secondary N) is 1. The van der Waals surface area contributed by atoms with E-state index in [9.17, 15) is 4.79 Å². The predicted octanol–water partition coefficient (Wildman–Crippen LogP) is 3.82. The minimum atomic E-state index is -0.293. The zero-order valence-corrected chi connectivity index (χ0v) is 12.5. The van der Waals surface area contributed by atoms with Gasteiger partial charge in [-0.05, 0) is 62.7 Å². The monoisotopic (exact) mass is 284 g/mol. The standard InChI is InChI=1S/C17H20N2O2/c1-12(2)21-17(20)15-4-6-16(7-5-15)19-13(3)14-8-10-18-11-9-14/h4-13,19H,1-3H3. The molecule has 0 saturated heterocycles. The molecule has 0 spiro atoms. The fourth-order valence-corrected chi connectivity index (χ4v) is 1.97. The summed E-state index contributed by atoms with van der Waals surface area (Å²) in [6.45, 7) is 5.75. The van der Waals surface area contributed by atoms with E-state index in [-0.39, 0.29) is 18.1 Å². The van der Waals surface area contributed by atoms with Gasteiger partial charge in [0.25, 0.3) is 0 Å². The van der Waals surface area contributed by atoms with E-state index in [0.29, 0.717) is 5.56 Å². The molecule has 110 valence electrons. The van der Waals surface area contributed by atoms with Gasteiger partial charge >= 0.3 is 5.97 Å². The largest absolute Gasteiger partial charge is 0.459 e. The molecule has 0 aliphatic heterocycles. The third-order valence-corrected chi connectivity index (χ3v) is 3.05. The first-order chi connectivity index (χ1) is 10.1. The van der Waals surface area contributed by atoms with Crippen molar-refractivity contribution in [3.05, 3.63) is 59.9 Å². The lowest BCUT2D eigenvalue weighted by molar-refractivity contribution is 0.0378. The van der Waals surface area contributed by atoms with Crippen LogP contribution < -0.4 is 5.32 Å². The van der Waals surface area contributed by atoms with Gasteiger partial charge in [-0.1, -0.05) is 0 Å². The van der Waals surface area contributed by atoms with Crippen LogP contribution in [-0.2, 0) is 4.74 Å². The van der Waals surface area contributed by atoms with E-state index < -0.39 is 0 Å². The zero-order valence-electron chi connectivity index (χ0n) is 12.5. The van der Waals surface area contributed by atoms with Crippen molar-refractivity contribution >= 4 is 11.7 Å². The fourth-order valence-electron chi connectivity index (χ4n) is 1.97. The molecule has 1 heterocycles. The van der Waals surface area contributed by atoms with Crippen LogP contribution in [0.1, 0.15) is 42.7 Å².